The Morgan fingerprint density at radius 3 is 2.95 bits per heavy atom. The summed E-state index contributed by atoms with van der Waals surface area (Å²) in [5.41, 5.74) is 0.340. The minimum absolute atomic E-state index is 0.0684. The monoisotopic (exact) mass is 296 g/mol. The molecule has 1 fully saturated rings. The molecule has 2 amide bonds. The Hall–Kier alpha value is -1.82. The van der Waals surface area contributed by atoms with Crippen LogP contribution >= 0.6 is 0 Å². The van der Waals surface area contributed by atoms with Crippen molar-refractivity contribution in [1.82, 2.24) is 4.90 Å². The van der Waals surface area contributed by atoms with Crippen molar-refractivity contribution in [3.05, 3.63) is 24.0 Å². The van der Waals surface area contributed by atoms with E-state index in [2.05, 4.69) is 5.32 Å². The van der Waals surface area contributed by atoms with E-state index in [4.69, 9.17) is 4.74 Å². The molecule has 2 N–H and O–H groups in total. The number of aliphatic hydroxyl groups excluding tert-OH is 1. The fraction of sp³-hybridized carbons (Fsp3) is 0.533. The number of likely N-dealkylation sites (tertiary alicyclic amines) is 1. The van der Waals surface area contributed by atoms with Crippen molar-refractivity contribution in [2.24, 2.45) is 5.92 Å². The van der Waals surface area contributed by atoms with Crippen LogP contribution in [-0.2, 0) is 0 Å². The number of halogens is 1. The summed E-state index contributed by atoms with van der Waals surface area (Å²) in [5.74, 6) is 0.114. The van der Waals surface area contributed by atoms with Crippen LogP contribution in [0.3, 0.4) is 0 Å². The molecule has 1 aliphatic rings. The number of urea groups is 1. The first kappa shape index (κ1) is 15.6. The third-order valence-corrected chi connectivity index (χ3v) is 3.92. The van der Waals surface area contributed by atoms with Gasteiger partial charge in [-0.1, -0.05) is 6.92 Å². The Morgan fingerprint density at radius 2 is 2.29 bits per heavy atom. The van der Waals surface area contributed by atoms with Crippen molar-refractivity contribution >= 4 is 11.7 Å². The zero-order valence-corrected chi connectivity index (χ0v) is 12.3. The summed E-state index contributed by atoms with van der Waals surface area (Å²) in [5, 5.41) is 12.1. The lowest BCUT2D eigenvalue weighted by molar-refractivity contribution is 0.0811. The molecule has 0 aliphatic carbocycles. The summed E-state index contributed by atoms with van der Waals surface area (Å²) >= 11 is 0. The van der Waals surface area contributed by atoms with Crippen molar-refractivity contribution in [2.75, 3.05) is 25.6 Å². The number of benzene rings is 1. The second-order valence-electron chi connectivity index (χ2n) is 5.37. The molecule has 1 heterocycles. The first-order chi connectivity index (χ1) is 10.0. The zero-order valence-electron chi connectivity index (χ0n) is 12.3. The molecule has 2 unspecified atom stereocenters. The number of methoxy groups -OCH3 is 1. The third kappa shape index (κ3) is 3.64. The van der Waals surface area contributed by atoms with Gasteiger partial charge in [0.05, 0.1) is 19.8 Å². The van der Waals surface area contributed by atoms with Gasteiger partial charge in [-0.05, 0) is 24.8 Å². The lowest BCUT2D eigenvalue weighted by atomic mass is 9.91. The fourth-order valence-corrected chi connectivity index (χ4v) is 2.73. The quantitative estimate of drug-likeness (QED) is 0.900. The molecule has 0 spiro atoms. The summed E-state index contributed by atoms with van der Waals surface area (Å²) in [6.45, 7) is 2.54. The number of rotatable bonds is 3. The van der Waals surface area contributed by atoms with Gasteiger partial charge in [0, 0.05) is 24.4 Å². The molecule has 1 aliphatic heterocycles. The van der Waals surface area contributed by atoms with Gasteiger partial charge in [-0.15, -0.1) is 0 Å². The van der Waals surface area contributed by atoms with Gasteiger partial charge in [-0.2, -0.15) is 0 Å². The van der Waals surface area contributed by atoms with E-state index in [0.29, 0.717) is 18.0 Å². The molecule has 1 saturated heterocycles. The molecule has 6 heteroatoms. The number of amides is 2. The Morgan fingerprint density at radius 1 is 1.52 bits per heavy atom. The number of hydrogen-bond acceptors (Lipinski definition) is 3. The van der Waals surface area contributed by atoms with Crippen molar-refractivity contribution in [3.63, 3.8) is 0 Å². The van der Waals surface area contributed by atoms with E-state index < -0.39 is 5.82 Å². The van der Waals surface area contributed by atoms with Crippen LogP contribution in [0.25, 0.3) is 0 Å². The average molecular weight is 296 g/mol. The van der Waals surface area contributed by atoms with Gasteiger partial charge in [-0.25, -0.2) is 9.18 Å². The van der Waals surface area contributed by atoms with Crippen LogP contribution in [0.1, 0.15) is 19.8 Å². The largest absolute Gasteiger partial charge is 0.497 e. The van der Waals surface area contributed by atoms with Gasteiger partial charge in [0.25, 0.3) is 0 Å². The van der Waals surface area contributed by atoms with E-state index in [0.717, 1.165) is 12.8 Å². The lowest BCUT2D eigenvalue weighted by Gasteiger charge is -2.38. The van der Waals surface area contributed by atoms with Gasteiger partial charge in [0.2, 0.25) is 0 Å². The van der Waals surface area contributed by atoms with Gasteiger partial charge >= 0.3 is 6.03 Å². The van der Waals surface area contributed by atoms with Crippen molar-refractivity contribution < 1.29 is 19.0 Å². The van der Waals surface area contributed by atoms with Crippen LogP contribution in [0.4, 0.5) is 14.9 Å². The molecular weight excluding hydrogens is 275 g/mol. The number of nitrogens with one attached hydrogen (secondary N) is 1. The highest BCUT2D eigenvalue weighted by molar-refractivity contribution is 5.89. The summed E-state index contributed by atoms with van der Waals surface area (Å²) in [6.07, 6.45) is 1.89. The highest BCUT2D eigenvalue weighted by atomic mass is 19.1. The standard InChI is InChI=1S/C15H21FN2O3/c1-10-4-3-5-18(14(10)9-19)15(20)17-12-6-11(16)7-13(8-12)21-2/h6-8,10,14,19H,3-5,9H2,1-2H3,(H,17,20). The predicted octanol–water partition coefficient (Wildman–Crippen LogP) is 2.46. The maximum Gasteiger partial charge on any atom is 0.322 e. The first-order valence-electron chi connectivity index (χ1n) is 7.08. The molecule has 2 rings (SSSR count). The lowest BCUT2D eigenvalue weighted by Crippen LogP contribution is -2.51. The molecule has 21 heavy (non-hydrogen) atoms. The second kappa shape index (κ2) is 6.76. The summed E-state index contributed by atoms with van der Waals surface area (Å²) in [4.78, 5) is 14.0. The molecule has 0 bridgehead atoms. The van der Waals surface area contributed by atoms with Crippen molar-refractivity contribution in [3.8, 4) is 5.75 Å². The van der Waals surface area contributed by atoms with Crippen molar-refractivity contribution in [2.45, 2.75) is 25.8 Å². The highest BCUT2D eigenvalue weighted by Gasteiger charge is 2.31. The fourth-order valence-electron chi connectivity index (χ4n) is 2.73. The zero-order chi connectivity index (χ0) is 15.4. The maximum absolute atomic E-state index is 13.4. The Bertz CT molecular complexity index is 510. The van der Waals surface area contributed by atoms with Gasteiger partial charge in [0.15, 0.2) is 0 Å². The normalized spacial score (nSPS) is 22.0. The van der Waals surface area contributed by atoms with E-state index in [9.17, 15) is 14.3 Å². The van der Waals surface area contributed by atoms with Gasteiger partial charge in [0.1, 0.15) is 11.6 Å². The number of carbonyl (C=O) groups excluding carboxylic acids is 1. The SMILES string of the molecule is COc1cc(F)cc(NC(=O)N2CCCC(C)C2CO)c1. The van der Waals surface area contributed by atoms with Crippen LogP contribution in [0.2, 0.25) is 0 Å². The van der Waals surface area contributed by atoms with Crippen LogP contribution in [0, 0.1) is 11.7 Å². The van der Waals surface area contributed by atoms with Crippen molar-refractivity contribution in [1.29, 1.82) is 0 Å². The van der Waals surface area contributed by atoms with E-state index in [1.54, 1.807) is 11.0 Å². The van der Waals surface area contributed by atoms with Crippen LogP contribution in [-0.4, -0.2) is 42.3 Å². The smallest absolute Gasteiger partial charge is 0.322 e. The number of piperidine rings is 1. The van der Waals surface area contributed by atoms with Crippen LogP contribution < -0.4 is 10.1 Å². The number of ether oxygens (including phenoxy) is 1. The first-order valence-corrected chi connectivity index (χ1v) is 7.08. The van der Waals surface area contributed by atoms with Crippen LogP contribution in [0.15, 0.2) is 18.2 Å². The van der Waals surface area contributed by atoms with Crippen LogP contribution in [0.5, 0.6) is 5.75 Å². The molecule has 0 saturated carbocycles. The molecule has 116 valence electrons. The van der Waals surface area contributed by atoms with Gasteiger partial charge < -0.3 is 20.1 Å². The van der Waals surface area contributed by atoms with E-state index >= 15 is 0 Å². The minimum atomic E-state index is -0.477. The van der Waals surface area contributed by atoms with Gasteiger partial charge in [-0.3, -0.25) is 0 Å². The minimum Gasteiger partial charge on any atom is -0.497 e. The number of hydrogen-bond donors (Lipinski definition) is 2. The Kier molecular flexibility index (Phi) is 5.01. The Labute approximate surface area is 123 Å². The predicted molar refractivity (Wildman–Crippen MR) is 77.9 cm³/mol. The summed E-state index contributed by atoms with van der Waals surface area (Å²) in [6, 6.07) is 3.52. The maximum atomic E-state index is 13.4. The third-order valence-electron chi connectivity index (χ3n) is 3.92. The summed E-state index contributed by atoms with van der Waals surface area (Å²) in [7, 11) is 1.44. The highest BCUT2D eigenvalue weighted by Crippen LogP contribution is 2.25. The average Bonchev–Trinajstić information content (AvgIpc) is 2.46. The molecule has 5 nitrogen and oxygen atoms in total. The topological polar surface area (TPSA) is 61.8 Å². The number of nitrogens with zero attached hydrogens (tertiary/aromatic N) is 1. The summed E-state index contributed by atoms with van der Waals surface area (Å²) < 4.78 is 18.4. The van der Waals surface area contributed by atoms with E-state index in [-0.39, 0.29) is 24.6 Å². The second-order valence-corrected chi connectivity index (χ2v) is 5.37. The number of anilines is 1. The molecule has 0 aromatic heterocycles. The molecule has 2 atom stereocenters. The number of carbonyl (C=O) groups is 1. The molecule has 1 aromatic rings. The molecule has 1 aromatic carbocycles. The van der Waals surface area contributed by atoms with E-state index in [1.807, 2.05) is 6.92 Å². The molecule has 0 radical (unpaired) electrons. The van der Waals surface area contributed by atoms with E-state index in [1.165, 1.54) is 19.2 Å². The Balaban J connectivity index is 2.11. The molecular formula is C15H21FN2O3. The number of aliphatic hydroxyl groups is 1.